The number of hydrogen-bond acceptors (Lipinski definition) is 4. The molecule has 4 N–H and O–H groups in total. The fourth-order valence-electron chi connectivity index (χ4n) is 2.23. The third kappa shape index (κ3) is 3.35. The van der Waals surface area contributed by atoms with Gasteiger partial charge in [-0.25, -0.2) is 0 Å². The lowest BCUT2D eigenvalue weighted by atomic mass is 9.86. The first-order chi connectivity index (χ1) is 7.65. The van der Waals surface area contributed by atoms with Gasteiger partial charge in [0.15, 0.2) is 5.84 Å². The van der Waals surface area contributed by atoms with Crippen molar-refractivity contribution in [2.24, 2.45) is 10.9 Å². The fourth-order valence-corrected chi connectivity index (χ4v) is 2.23. The zero-order chi connectivity index (χ0) is 12.0. The average Bonchev–Trinajstić information content (AvgIpc) is 2.36. The predicted molar refractivity (Wildman–Crippen MR) is 63.7 cm³/mol. The molecule has 1 aliphatic heterocycles. The quantitative estimate of drug-likeness (QED) is 0.285. The van der Waals surface area contributed by atoms with Gasteiger partial charge in [0.1, 0.15) is 0 Å². The van der Waals surface area contributed by atoms with Crippen LogP contribution in [0.1, 0.15) is 39.5 Å². The van der Waals surface area contributed by atoms with Gasteiger partial charge in [-0.05, 0) is 25.7 Å². The van der Waals surface area contributed by atoms with Gasteiger partial charge in [0.25, 0.3) is 0 Å². The Labute approximate surface area is 97.0 Å². The maximum absolute atomic E-state index is 8.46. The lowest BCUT2D eigenvalue weighted by Gasteiger charge is -2.40. The van der Waals surface area contributed by atoms with E-state index in [0.29, 0.717) is 12.6 Å². The smallest absolute Gasteiger partial charge is 0.153 e. The Morgan fingerprint density at radius 3 is 2.81 bits per heavy atom. The summed E-state index contributed by atoms with van der Waals surface area (Å²) < 4.78 is 5.88. The van der Waals surface area contributed by atoms with Crippen LogP contribution in [-0.4, -0.2) is 35.8 Å². The molecule has 5 heteroatoms. The summed E-state index contributed by atoms with van der Waals surface area (Å²) in [5, 5.41) is 14.7. The predicted octanol–water partition coefficient (Wildman–Crippen LogP) is 1.06. The van der Waals surface area contributed by atoms with E-state index in [1.165, 1.54) is 0 Å². The second kappa shape index (κ2) is 6.06. The molecule has 0 spiro atoms. The summed E-state index contributed by atoms with van der Waals surface area (Å²) in [4.78, 5) is 0. The number of nitrogens with two attached hydrogens (primary N) is 1. The summed E-state index contributed by atoms with van der Waals surface area (Å²) in [6, 6.07) is 0.397. The first-order valence-corrected chi connectivity index (χ1v) is 5.99. The van der Waals surface area contributed by atoms with Crippen molar-refractivity contribution < 1.29 is 9.94 Å². The SMILES string of the molecule is CCC1(CC)CC(NCC(N)=NO)CCO1. The second-order valence-corrected chi connectivity index (χ2v) is 4.40. The summed E-state index contributed by atoms with van der Waals surface area (Å²) in [5.74, 6) is 0.227. The van der Waals surface area contributed by atoms with Crippen LogP contribution in [0.3, 0.4) is 0 Å². The van der Waals surface area contributed by atoms with Gasteiger partial charge in [-0.1, -0.05) is 19.0 Å². The van der Waals surface area contributed by atoms with Gasteiger partial charge in [-0.3, -0.25) is 0 Å². The number of nitrogens with zero attached hydrogens (tertiary/aromatic N) is 1. The summed E-state index contributed by atoms with van der Waals surface area (Å²) >= 11 is 0. The molecule has 0 saturated carbocycles. The van der Waals surface area contributed by atoms with Gasteiger partial charge in [-0.2, -0.15) is 0 Å². The summed E-state index contributed by atoms with van der Waals surface area (Å²) in [5.41, 5.74) is 5.44. The zero-order valence-electron chi connectivity index (χ0n) is 10.2. The molecule has 1 heterocycles. The number of nitrogens with one attached hydrogen (secondary N) is 1. The van der Waals surface area contributed by atoms with Crippen molar-refractivity contribution in [1.29, 1.82) is 0 Å². The molecule has 94 valence electrons. The topological polar surface area (TPSA) is 79.9 Å². The molecule has 0 aromatic carbocycles. The standard InChI is InChI=1S/C11H23N3O2/c1-3-11(4-2)7-9(5-6-16-11)13-8-10(12)14-15/h9,13,15H,3-8H2,1-2H3,(H2,12,14). The van der Waals surface area contributed by atoms with Crippen molar-refractivity contribution in [3.8, 4) is 0 Å². The Morgan fingerprint density at radius 2 is 2.25 bits per heavy atom. The molecule has 1 aliphatic rings. The van der Waals surface area contributed by atoms with Crippen LogP contribution in [0.15, 0.2) is 5.16 Å². The molecule has 0 aromatic rings. The van der Waals surface area contributed by atoms with Crippen LogP contribution in [-0.2, 0) is 4.74 Å². The van der Waals surface area contributed by atoms with Gasteiger partial charge in [-0.15, -0.1) is 0 Å². The molecule has 0 bridgehead atoms. The van der Waals surface area contributed by atoms with E-state index in [1.54, 1.807) is 0 Å². The first kappa shape index (κ1) is 13.3. The van der Waals surface area contributed by atoms with Crippen molar-refractivity contribution in [1.82, 2.24) is 5.32 Å². The molecule has 16 heavy (non-hydrogen) atoms. The fraction of sp³-hybridized carbons (Fsp3) is 0.909. The molecule has 1 atom stereocenters. The van der Waals surface area contributed by atoms with E-state index in [0.717, 1.165) is 32.3 Å². The molecule has 1 unspecified atom stereocenters. The molecule has 0 aliphatic carbocycles. The van der Waals surface area contributed by atoms with Gasteiger partial charge < -0.3 is 21.0 Å². The van der Waals surface area contributed by atoms with Gasteiger partial charge in [0.2, 0.25) is 0 Å². The highest BCUT2D eigenvalue weighted by Gasteiger charge is 2.34. The lowest BCUT2D eigenvalue weighted by molar-refractivity contribution is -0.0925. The van der Waals surface area contributed by atoms with E-state index in [4.69, 9.17) is 15.7 Å². The van der Waals surface area contributed by atoms with Crippen molar-refractivity contribution >= 4 is 5.84 Å². The Morgan fingerprint density at radius 1 is 1.56 bits per heavy atom. The normalized spacial score (nSPS) is 25.6. The van der Waals surface area contributed by atoms with E-state index < -0.39 is 0 Å². The zero-order valence-corrected chi connectivity index (χ0v) is 10.2. The van der Waals surface area contributed by atoms with E-state index in [9.17, 15) is 0 Å². The summed E-state index contributed by atoms with van der Waals surface area (Å²) in [6.07, 6.45) is 4.05. The number of ether oxygens (including phenoxy) is 1. The van der Waals surface area contributed by atoms with Crippen molar-refractivity contribution in [2.45, 2.75) is 51.2 Å². The Kier molecular flexibility index (Phi) is 5.02. The Hall–Kier alpha value is -0.810. The van der Waals surface area contributed by atoms with E-state index in [-0.39, 0.29) is 11.4 Å². The molecular formula is C11H23N3O2. The molecule has 1 fully saturated rings. The Balaban J connectivity index is 2.44. The molecule has 1 rings (SSSR count). The number of oxime groups is 1. The number of amidine groups is 1. The molecule has 1 saturated heterocycles. The minimum Gasteiger partial charge on any atom is -0.409 e. The van der Waals surface area contributed by atoms with Gasteiger partial charge in [0.05, 0.1) is 12.1 Å². The average molecular weight is 229 g/mol. The van der Waals surface area contributed by atoms with Crippen LogP contribution < -0.4 is 11.1 Å². The van der Waals surface area contributed by atoms with E-state index >= 15 is 0 Å². The first-order valence-electron chi connectivity index (χ1n) is 5.99. The minimum atomic E-state index is 0.0149. The van der Waals surface area contributed by atoms with Crippen molar-refractivity contribution in [3.05, 3.63) is 0 Å². The van der Waals surface area contributed by atoms with Crippen molar-refractivity contribution in [2.75, 3.05) is 13.2 Å². The third-order valence-corrected chi connectivity index (χ3v) is 3.48. The lowest BCUT2D eigenvalue weighted by Crippen LogP contribution is -2.48. The van der Waals surface area contributed by atoms with Crippen LogP contribution in [0.5, 0.6) is 0 Å². The highest BCUT2D eigenvalue weighted by atomic mass is 16.5. The summed E-state index contributed by atoms with van der Waals surface area (Å²) in [6.45, 7) is 5.55. The molecule has 0 amide bonds. The number of rotatable bonds is 5. The molecule has 0 radical (unpaired) electrons. The maximum atomic E-state index is 8.46. The monoisotopic (exact) mass is 229 g/mol. The number of hydrogen-bond donors (Lipinski definition) is 3. The maximum Gasteiger partial charge on any atom is 0.153 e. The van der Waals surface area contributed by atoms with Crippen LogP contribution in [0.25, 0.3) is 0 Å². The van der Waals surface area contributed by atoms with E-state index in [1.807, 2.05) is 0 Å². The largest absolute Gasteiger partial charge is 0.409 e. The minimum absolute atomic E-state index is 0.0149. The van der Waals surface area contributed by atoms with Crippen molar-refractivity contribution in [3.63, 3.8) is 0 Å². The highest BCUT2D eigenvalue weighted by Crippen LogP contribution is 2.31. The second-order valence-electron chi connectivity index (χ2n) is 4.40. The third-order valence-electron chi connectivity index (χ3n) is 3.48. The summed E-state index contributed by atoms with van der Waals surface area (Å²) in [7, 11) is 0. The molecular weight excluding hydrogens is 206 g/mol. The van der Waals surface area contributed by atoms with Gasteiger partial charge in [0, 0.05) is 12.6 Å². The van der Waals surface area contributed by atoms with Crippen LogP contribution >= 0.6 is 0 Å². The van der Waals surface area contributed by atoms with Crippen LogP contribution in [0.4, 0.5) is 0 Å². The molecule has 0 aromatic heterocycles. The highest BCUT2D eigenvalue weighted by molar-refractivity contribution is 5.81. The van der Waals surface area contributed by atoms with Crippen LogP contribution in [0, 0.1) is 0 Å². The Bertz CT molecular complexity index is 239. The molecule has 5 nitrogen and oxygen atoms in total. The van der Waals surface area contributed by atoms with Gasteiger partial charge >= 0.3 is 0 Å². The van der Waals surface area contributed by atoms with Crippen LogP contribution in [0.2, 0.25) is 0 Å². The van der Waals surface area contributed by atoms with E-state index in [2.05, 4.69) is 24.3 Å².